The van der Waals surface area contributed by atoms with Gasteiger partial charge in [0.25, 0.3) is 5.91 Å². The summed E-state index contributed by atoms with van der Waals surface area (Å²) in [6, 6.07) is 5.62. The van der Waals surface area contributed by atoms with Crippen LogP contribution in [0.4, 0.5) is 5.13 Å². The highest BCUT2D eigenvalue weighted by Crippen LogP contribution is 2.36. The number of rotatable bonds is 4. The lowest BCUT2D eigenvalue weighted by Crippen LogP contribution is -2.32. The number of anilines is 1. The maximum atomic E-state index is 12.3. The molecule has 1 unspecified atom stereocenters. The van der Waals surface area contributed by atoms with Gasteiger partial charge in [-0.1, -0.05) is 0 Å². The zero-order valence-corrected chi connectivity index (χ0v) is 16.5. The van der Waals surface area contributed by atoms with Crippen molar-refractivity contribution in [3.8, 4) is 17.0 Å². The molecule has 2 aliphatic heterocycles. The molecular formula is C19H19N5O4S. The fourth-order valence-electron chi connectivity index (χ4n) is 3.22. The number of amides is 3. The molecule has 3 heterocycles. The molecule has 0 aliphatic carbocycles. The van der Waals surface area contributed by atoms with Crippen LogP contribution in [0.5, 0.6) is 5.75 Å². The monoisotopic (exact) mass is 413 g/mol. The first-order chi connectivity index (χ1) is 14.0. The van der Waals surface area contributed by atoms with Crippen LogP contribution in [0.25, 0.3) is 11.3 Å². The molecule has 0 radical (unpaired) electrons. The van der Waals surface area contributed by atoms with Gasteiger partial charge in [-0.3, -0.25) is 19.7 Å². The highest BCUT2D eigenvalue weighted by Gasteiger charge is 2.23. The molecule has 0 spiro atoms. The van der Waals surface area contributed by atoms with Crippen molar-refractivity contribution in [2.45, 2.75) is 32.2 Å². The van der Waals surface area contributed by atoms with E-state index in [0.717, 1.165) is 16.9 Å². The van der Waals surface area contributed by atoms with Crippen LogP contribution in [-0.2, 0) is 14.4 Å². The third-order valence-electron chi connectivity index (χ3n) is 4.61. The number of aromatic nitrogens is 1. The lowest BCUT2D eigenvalue weighted by atomic mass is 9.97. The van der Waals surface area contributed by atoms with E-state index in [4.69, 9.17) is 4.74 Å². The molecule has 2 aromatic rings. The second-order valence-corrected chi connectivity index (χ2v) is 7.59. The predicted molar refractivity (Wildman–Crippen MR) is 108 cm³/mol. The van der Waals surface area contributed by atoms with Crippen LogP contribution in [0.2, 0.25) is 0 Å². The number of hydrogen-bond acceptors (Lipinski definition) is 7. The molecule has 0 saturated heterocycles. The van der Waals surface area contributed by atoms with E-state index in [-0.39, 0.29) is 35.9 Å². The molecule has 29 heavy (non-hydrogen) atoms. The summed E-state index contributed by atoms with van der Waals surface area (Å²) in [7, 11) is 0. The normalized spacial score (nSPS) is 18.0. The van der Waals surface area contributed by atoms with E-state index in [9.17, 15) is 14.4 Å². The smallest absolute Gasteiger partial charge is 0.273 e. The third-order valence-corrected chi connectivity index (χ3v) is 5.37. The molecule has 2 aliphatic rings. The van der Waals surface area contributed by atoms with E-state index >= 15 is 0 Å². The Morgan fingerprint density at radius 3 is 2.93 bits per heavy atom. The second kappa shape index (κ2) is 8.00. The minimum Gasteiger partial charge on any atom is -0.493 e. The van der Waals surface area contributed by atoms with E-state index in [0.29, 0.717) is 30.3 Å². The maximum Gasteiger partial charge on any atom is 0.273 e. The number of nitrogens with zero attached hydrogens (tertiary/aromatic N) is 2. The van der Waals surface area contributed by atoms with Crippen LogP contribution >= 0.6 is 11.3 Å². The quantitative estimate of drug-likeness (QED) is 0.707. The first-order valence-corrected chi connectivity index (χ1v) is 10.0. The number of hydrazone groups is 1. The lowest BCUT2D eigenvalue weighted by molar-refractivity contribution is -0.121. The zero-order valence-electron chi connectivity index (χ0n) is 15.7. The fourth-order valence-corrected chi connectivity index (χ4v) is 3.93. The first kappa shape index (κ1) is 19.1. The number of thiazole rings is 1. The zero-order chi connectivity index (χ0) is 20.4. The van der Waals surface area contributed by atoms with Gasteiger partial charge >= 0.3 is 0 Å². The third kappa shape index (κ3) is 4.27. The van der Waals surface area contributed by atoms with Crippen molar-refractivity contribution < 1.29 is 19.1 Å². The summed E-state index contributed by atoms with van der Waals surface area (Å²) in [5.74, 6) is 0.0797. The van der Waals surface area contributed by atoms with Gasteiger partial charge in [0.05, 0.1) is 18.3 Å². The second-order valence-electron chi connectivity index (χ2n) is 6.73. The van der Waals surface area contributed by atoms with E-state index in [1.165, 1.54) is 18.3 Å². The minimum atomic E-state index is -0.379. The molecule has 0 fully saturated rings. The van der Waals surface area contributed by atoms with Crippen molar-refractivity contribution in [2.24, 2.45) is 5.10 Å². The number of carbonyl (C=O) groups is 3. The summed E-state index contributed by atoms with van der Waals surface area (Å²) in [6.07, 6.45) is 1.24. The average molecular weight is 413 g/mol. The Balaban J connectivity index is 1.51. The Hall–Kier alpha value is -3.27. The molecule has 9 nitrogen and oxygen atoms in total. The molecule has 150 valence electrons. The molecule has 1 aromatic heterocycles. The van der Waals surface area contributed by atoms with Crippen molar-refractivity contribution in [1.82, 2.24) is 15.7 Å². The summed E-state index contributed by atoms with van der Waals surface area (Å²) < 4.78 is 5.69. The minimum absolute atomic E-state index is 0.0891. The van der Waals surface area contributed by atoms with E-state index in [2.05, 4.69) is 26.1 Å². The fraction of sp³-hybridized carbons (Fsp3) is 0.316. The molecule has 3 amide bonds. The van der Waals surface area contributed by atoms with Gasteiger partial charge in [0.15, 0.2) is 5.13 Å². The molecule has 10 heteroatoms. The Morgan fingerprint density at radius 1 is 1.31 bits per heavy atom. The Bertz CT molecular complexity index is 1020. The van der Waals surface area contributed by atoms with E-state index in [1.54, 1.807) is 0 Å². The predicted octanol–water partition coefficient (Wildman–Crippen LogP) is 1.97. The number of fused-ring (bicyclic) bond motifs is 1. The Labute approximate surface area is 170 Å². The number of carbonyl (C=O) groups excluding carboxylic acids is 3. The van der Waals surface area contributed by atoms with Gasteiger partial charge < -0.3 is 10.1 Å². The van der Waals surface area contributed by atoms with Crippen molar-refractivity contribution in [2.75, 3.05) is 11.9 Å². The molecule has 1 atom stereocenters. The van der Waals surface area contributed by atoms with Gasteiger partial charge in [-0.15, -0.1) is 11.3 Å². The summed E-state index contributed by atoms with van der Waals surface area (Å²) in [4.78, 5) is 39.4. The lowest BCUT2D eigenvalue weighted by Gasteiger charge is -2.26. The van der Waals surface area contributed by atoms with Crippen LogP contribution in [-0.4, -0.2) is 35.0 Å². The van der Waals surface area contributed by atoms with E-state index < -0.39 is 0 Å². The summed E-state index contributed by atoms with van der Waals surface area (Å²) in [5.41, 5.74) is 5.06. The Kier molecular flexibility index (Phi) is 5.26. The van der Waals surface area contributed by atoms with Crippen molar-refractivity contribution in [1.29, 1.82) is 0 Å². The van der Waals surface area contributed by atoms with Crippen LogP contribution < -0.4 is 20.8 Å². The molecule has 1 aromatic carbocycles. The summed E-state index contributed by atoms with van der Waals surface area (Å²) >= 11 is 1.30. The molecule has 3 N–H and O–H groups in total. The van der Waals surface area contributed by atoms with Gasteiger partial charge in [-0.25, -0.2) is 10.4 Å². The van der Waals surface area contributed by atoms with E-state index in [1.807, 2.05) is 23.6 Å². The van der Waals surface area contributed by atoms with Gasteiger partial charge in [-0.2, -0.15) is 5.10 Å². The summed E-state index contributed by atoms with van der Waals surface area (Å²) in [6.45, 7) is 2.05. The van der Waals surface area contributed by atoms with Crippen LogP contribution in [0.3, 0.4) is 0 Å². The standard InChI is InChI=1S/C19H19N5O4S/c1-10(25)20-13-6-7-28-16-4-2-11(8-12(13)16)15-9-29-19(21-15)22-18(27)14-3-5-17(26)24-23-14/h2,4,8-9,13H,3,5-7H2,1H3,(H,20,25)(H,24,26)(H,21,22,27). The van der Waals surface area contributed by atoms with Crippen LogP contribution in [0, 0.1) is 0 Å². The Morgan fingerprint density at radius 2 is 2.17 bits per heavy atom. The maximum absolute atomic E-state index is 12.3. The number of nitrogens with one attached hydrogen (secondary N) is 3. The van der Waals surface area contributed by atoms with Crippen LogP contribution in [0.15, 0.2) is 28.7 Å². The topological polar surface area (TPSA) is 122 Å². The highest BCUT2D eigenvalue weighted by molar-refractivity contribution is 7.14. The average Bonchev–Trinajstić information content (AvgIpc) is 3.16. The summed E-state index contributed by atoms with van der Waals surface area (Å²) in [5, 5.41) is 11.7. The molecule has 0 saturated carbocycles. The molecule has 4 rings (SSSR count). The van der Waals surface area contributed by atoms with Crippen molar-refractivity contribution in [3.63, 3.8) is 0 Å². The number of benzene rings is 1. The van der Waals surface area contributed by atoms with Gasteiger partial charge in [0, 0.05) is 42.7 Å². The van der Waals surface area contributed by atoms with Gasteiger partial charge in [-0.05, 0) is 18.2 Å². The van der Waals surface area contributed by atoms with Gasteiger partial charge in [0.2, 0.25) is 11.8 Å². The van der Waals surface area contributed by atoms with Crippen molar-refractivity contribution >= 4 is 39.9 Å². The largest absolute Gasteiger partial charge is 0.493 e. The van der Waals surface area contributed by atoms with Gasteiger partial charge in [0.1, 0.15) is 11.5 Å². The highest BCUT2D eigenvalue weighted by atomic mass is 32.1. The number of ether oxygens (including phenoxy) is 1. The number of hydrogen-bond donors (Lipinski definition) is 3. The SMILES string of the molecule is CC(=O)NC1CCOc2ccc(-c3csc(NC(=O)C4=NNC(=O)CC4)n3)cc21. The molecule has 0 bridgehead atoms. The van der Waals surface area contributed by atoms with Crippen molar-refractivity contribution in [3.05, 3.63) is 29.1 Å². The first-order valence-electron chi connectivity index (χ1n) is 9.16. The molecular weight excluding hydrogens is 394 g/mol. The van der Waals surface area contributed by atoms with Crippen LogP contribution in [0.1, 0.15) is 37.8 Å².